The SMILES string of the molecule is CNC(=O)c1c(C)sc2nc(COc3ccc(F)cc3)cc(=O)n12. The molecule has 0 aliphatic rings. The van der Waals surface area contributed by atoms with E-state index in [0.29, 0.717) is 27.0 Å². The quantitative estimate of drug-likeness (QED) is 0.785. The molecule has 0 saturated heterocycles. The molecule has 2 heterocycles. The summed E-state index contributed by atoms with van der Waals surface area (Å²) in [6.45, 7) is 1.83. The minimum Gasteiger partial charge on any atom is -0.487 e. The molecule has 1 aromatic carbocycles. The van der Waals surface area contributed by atoms with E-state index in [9.17, 15) is 14.0 Å². The van der Waals surface area contributed by atoms with Crippen LogP contribution in [0.25, 0.3) is 4.96 Å². The molecule has 0 unspecified atom stereocenters. The van der Waals surface area contributed by atoms with Gasteiger partial charge in [-0.1, -0.05) is 0 Å². The van der Waals surface area contributed by atoms with Crippen LogP contribution in [0.3, 0.4) is 0 Å². The van der Waals surface area contributed by atoms with Gasteiger partial charge in [-0.15, -0.1) is 11.3 Å². The Morgan fingerprint density at radius 1 is 1.38 bits per heavy atom. The first kappa shape index (κ1) is 16.1. The summed E-state index contributed by atoms with van der Waals surface area (Å²) in [7, 11) is 1.51. The molecule has 1 amide bonds. The third-order valence-corrected chi connectivity index (χ3v) is 4.34. The van der Waals surface area contributed by atoms with Crippen molar-refractivity contribution in [3.05, 3.63) is 62.8 Å². The number of amides is 1. The van der Waals surface area contributed by atoms with Crippen molar-refractivity contribution in [3.63, 3.8) is 0 Å². The molecule has 2 aromatic heterocycles. The van der Waals surface area contributed by atoms with E-state index < -0.39 is 0 Å². The van der Waals surface area contributed by atoms with Crippen molar-refractivity contribution in [2.45, 2.75) is 13.5 Å². The number of carbonyl (C=O) groups excluding carboxylic acids is 1. The smallest absolute Gasteiger partial charge is 0.269 e. The number of rotatable bonds is 4. The number of fused-ring (bicyclic) bond motifs is 1. The molecule has 8 heteroatoms. The molecule has 0 atom stereocenters. The van der Waals surface area contributed by atoms with Crippen LogP contribution in [0.1, 0.15) is 21.1 Å². The Hall–Kier alpha value is -2.74. The summed E-state index contributed by atoms with van der Waals surface area (Å²) in [5, 5.41) is 2.52. The van der Waals surface area contributed by atoms with Crippen molar-refractivity contribution in [2.24, 2.45) is 0 Å². The lowest BCUT2D eigenvalue weighted by Gasteiger charge is -2.06. The number of hydrogen-bond donors (Lipinski definition) is 1. The van der Waals surface area contributed by atoms with Gasteiger partial charge in [0.15, 0.2) is 4.96 Å². The highest BCUT2D eigenvalue weighted by molar-refractivity contribution is 7.17. The van der Waals surface area contributed by atoms with Gasteiger partial charge in [-0.05, 0) is 31.2 Å². The highest BCUT2D eigenvalue weighted by Crippen LogP contribution is 2.20. The molecule has 0 saturated carbocycles. The zero-order chi connectivity index (χ0) is 17.3. The molecule has 124 valence electrons. The molecule has 0 spiro atoms. The van der Waals surface area contributed by atoms with Gasteiger partial charge in [0.1, 0.15) is 23.9 Å². The standard InChI is InChI=1S/C16H14FN3O3S/c1-9-14(15(22)18-2)20-13(21)7-11(19-16(20)24-9)8-23-12-5-3-10(17)4-6-12/h3-7H,8H2,1-2H3,(H,18,22). The lowest BCUT2D eigenvalue weighted by molar-refractivity contribution is 0.0956. The molecule has 0 aliphatic heterocycles. The first-order valence-corrected chi connectivity index (χ1v) is 7.94. The number of aromatic nitrogens is 2. The van der Waals surface area contributed by atoms with Gasteiger partial charge >= 0.3 is 0 Å². The number of ether oxygens (including phenoxy) is 1. The van der Waals surface area contributed by atoms with Crippen molar-refractivity contribution >= 4 is 22.2 Å². The minimum absolute atomic E-state index is 0.0730. The van der Waals surface area contributed by atoms with Gasteiger partial charge in [0.25, 0.3) is 11.5 Å². The van der Waals surface area contributed by atoms with Gasteiger partial charge in [-0.25, -0.2) is 13.8 Å². The summed E-state index contributed by atoms with van der Waals surface area (Å²) in [5.41, 5.74) is 0.385. The van der Waals surface area contributed by atoms with Gasteiger partial charge in [0.05, 0.1) is 5.69 Å². The lowest BCUT2D eigenvalue weighted by Crippen LogP contribution is -2.26. The molecular formula is C16H14FN3O3S. The summed E-state index contributed by atoms with van der Waals surface area (Å²) >= 11 is 1.26. The highest BCUT2D eigenvalue weighted by Gasteiger charge is 2.18. The maximum Gasteiger partial charge on any atom is 0.269 e. The third kappa shape index (κ3) is 3.00. The zero-order valence-corrected chi connectivity index (χ0v) is 13.8. The molecule has 1 N–H and O–H groups in total. The summed E-state index contributed by atoms with van der Waals surface area (Å²) in [6.07, 6.45) is 0. The molecule has 24 heavy (non-hydrogen) atoms. The molecule has 3 aromatic rings. The predicted molar refractivity (Wildman–Crippen MR) is 88.2 cm³/mol. The largest absolute Gasteiger partial charge is 0.487 e. The Kier molecular flexibility index (Phi) is 4.30. The average molecular weight is 347 g/mol. The molecular weight excluding hydrogens is 333 g/mol. The normalized spacial score (nSPS) is 10.8. The van der Waals surface area contributed by atoms with Crippen LogP contribution in [0, 0.1) is 12.7 Å². The maximum atomic E-state index is 12.9. The Morgan fingerprint density at radius 2 is 2.08 bits per heavy atom. The van der Waals surface area contributed by atoms with Gasteiger partial charge < -0.3 is 10.1 Å². The second-order valence-corrected chi connectivity index (χ2v) is 6.21. The molecule has 0 bridgehead atoms. The van der Waals surface area contributed by atoms with E-state index in [1.807, 2.05) is 0 Å². The summed E-state index contributed by atoms with van der Waals surface area (Å²) < 4.78 is 19.7. The molecule has 3 rings (SSSR count). The van der Waals surface area contributed by atoms with Crippen LogP contribution in [0.15, 0.2) is 35.1 Å². The van der Waals surface area contributed by atoms with Gasteiger partial charge in [-0.2, -0.15) is 0 Å². The molecule has 0 fully saturated rings. The van der Waals surface area contributed by atoms with Crippen LogP contribution >= 0.6 is 11.3 Å². The maximum absolute atomic E-state index is 12.9. The minimum atomic E-state index is -0.351. The highest BCUT2D eigenvalue weighted by atomic mass is 32.1. The van der Waals surface area contributed by atoms with E-state index >= 15 is 0 Å². The Labute approximate surface area is 140 Å². The zero-order valence-electron chi connectivity index (χ0n) is 13.0. The number of benzene rings is 1. The van der Waals surface area contributed by atoms with Crippen molar-refractivity contribution in [1.82, 2.24) is 14.7 Å². The predicted octanol–water partition coefficient (Wildman–Crippen LogP) is 2.14. The van der Waals surface area contributed by atoms with Crippen molar-refractivity contribution < 1.29 is 13.9 Å². The molecule has 0 radical (unpaired) electrons. The number of nitrogens with zero attached hydrogens (tertiary/aromatic N) is 2. The number of aryl methyl sites for hydroxylation is 1. The molecule has 6 nitrogen and oxygen atoms in total. The Bertz CT molecular complexity index is 963. The van der Waals surface area contributed by atoms with Crippen molar-refractivity contribution in [2.75, 3.05) is 7.05 Å². The van der Waals surface area contributed by atoms with E-state index in [1.165, 1.54) is 53.1 Å². The number of nitrogens with one attached hydrogen (secondary N) is 1. The van der Waals surface area contributed by atoms with Crippen LogP contribution < -0.4 is 15.6 Å². The number of halogens is 1. The molecule has 0 aliphatic carbocycles. The average Bonchev–Trinajstić information content (AvgIpc) is 2.90. The van der Waals surface area contributed by atoms with Crippen LogP contribution in [0.4, 0.5) is 4.39 Å². The van der Waals surface area contributed by atoms with E-state index in [-0.39, 0.29) is 23.9 Å². The van der Waals surface area contributed by atoms with E-state index in [4.69, 9.17) is 4.74 Å². The van der Waals surface area contributed by atoms with Crippen LogP contribution in [-0.4, -0.2) is 22.3 Å². The van der Waals surface area contributed by atoms with Crippen molar-refractivity contribution in [3.8, 4) is 5.75 Å². The van der Waals surface area contributed by atoms with Crippen LogP contribution in [0.2, 0.25) is 0 Å². The number of carbonyl (C=O) groups is 1. The fraction of sp³-hybridized carbons (Fsp3) is 0.188. The topological polar surface area (TPSA) is 72.7 Å². The van der Waals surface area contributed by atoms with Crippen molar-refractivity contribution in [1.29, 1.82) is 0 Å². The van der Waals surface area contributed by atoms with E-state index in [0.717, 1.165) is 0 Å². The summed E-state index contributed by atoms with van der Waals surface area (Å²) in [4.78, 5) is 29.8. The lowest BCUT2D eigenvalue weighted by atomic mass is 10.3. The fourth-order valence-electron chi connectivity index (χ4n) is 2.27. The summed E-state index contributed by atoms with van der Waals surface area (Å²) in [6, 6.07) is 6.91. The first-order valence-electron chi connectivity index (χ1n) is 7.12. The van der Waals surface area contributed by atoms with Gasteiger partial charge in [0.2, 0.25) is 0 Å². The van der Waals surface area contributed by atoms with E-state index in [2.05, 4.69) is 10.3 Å². The summed E-state index contributed by atoms with van der Waals surface area (Å²) in [5.74, 6) is -0.208. The first-order chi connectivity index (χ1) is 11.5. The van der Waals surface area contributed by atoms with E-state index in [1.54, 1.807) is 6.92 Å². The van der Waals surface area contributed by atoms with Crippen LogP contribution in [0.5, 0.6) is 5.75 Å². The Morgan fingerprint density at radius 3 is 2.75 bits per heavy atom. The number of hydrogen-bond acceptors (Lipinski definition) is 5. The second kappa shape index (κ2) is 6.40. The van der Waals surface area contributed by atoms with Gasteiger partial charge in [0, 0.05) is 18.0 Å². The monoisotopic (exact) mass is 347 g/mol. The number of thiazole rings is 1. The third-order valence-electron chi connectivity index (χ3n) is 3.38. The Balaban J connectivity index is 1.92. The van der Waals surface area contributed by atoms with Crippen LogP contribution in [-0.2, 0) is 6.61 Å². The second-order valence-electron chi connectivity index (χ2n) is 5.03. The van der Waals surface area contributed by atoms with Gasteiger partial charge in [-0.3, -0.25) is 9.59 Å². The fourth-order valence-corrected chi connectivity index (χ4v) is 3.26.